The summed E-state index contributed by atoms with van der Waals surface area (Å²) >= 11 is 0. The molecule has 1 saturated heterocycles. The van der Waals surface area contributed by atoms with Crippen molar-refractivity contribution in [2.75, 3.05) is 19.9 Å². The molecule has 2 heterocycles. The van der Waals surface area contributed by atoms with Crippen molar-refractivity contribution in [3.05, 3.63) is 23.8 Å². The van der Waals surface area contributed by atoms with Gasteiger partial charge in [0.1, 0.15) is 0 Å². The number of aliphatic hydroxyl groups is 1. The molecular formula is C16H21ClN2O4. The average Bonchev–Trinajstić information content (AvgIpc) is 3.10. The van der Waals surface area contributed by atoms with Crippen molar-refractivity contribution in [2.45, 2.75) is 36.8 Å². The van der Waals surface area contributed by atoms with E-state index in [9.17, 15) is 9.90 Å². The Hall–Kier alpha value is -1.50. The fraction of sp³-hybridized carbons (Fsp3) is 0.562. The molecule has 7 heteroatoms. The molecule has 2 fully saturated rings. The minimum Gasteiger partial charge on any atom is -0.454 e. The highest BCUT2D eigenvalue weighted by Gasteiger charge is 2.49. The van der Waals surface area contributed by atoms with Crippen LogP contribution in [-0.2, 0) is 4.79 Å². The molecule has 0 aromatic heterocycles. The summed E-state index contributed by atoms with van der Waals surface area (Å²) in [5, 5.41) is 10.5. The third kappa shape index (κ3) is 2.86. The van der Waals surface area contributed by atoms with Crippen LogP contribution in [0.3, 0.4) is 0 Å². The highest BCUT2D eigenvalue weighted by atomic mass is 35.5. The van der Waals surface area contributed by atoms with Crippen molar-refractivity contribution in [1.29, 1.82) is 0 Å². The first-order valence-corrected chi connectivity index (χ1v) is 7.73. The fourth-order valence-corrected chi connectivity index (χ4v) is 3.31. The molecule has 6 nitrogen and oxygen atoms in total. The van der Waals surface area contributed by atoms with Gasteiger partial charge in [-0.05, 0) is 37.0 Å². The standard InChI is InChI=1S/C16H20N2O4.ClH/c17-16(4-5-16)15(20)18-6-3-11(12(19)8-18)10-1-2-13-14(7-10)22-9-21-13;/h1-2,7,11-12,19H,3-6,8-9,17H2;1H/t11-,12+;/m0./s1. The number of benzene rings is 1. The number of β-amino-alcohol motifs (C(OH)–C–C–N with tert-alkyl or cyclic N) is 1. The van der Waals surface area contributed by atoms with Crippen LogP contribution in [0.5, 0.6) is 11.5 Å². The van der Waals surface area contributed by atoms with E-state index in [1.165, 1.54) is 0 Å². The normalized spacial score (nSPS) is 27.3. The number of hydrogen-bond acceptors (Lipinski definition) is 5. The van der Waals surface area contributed by atoms with Crippen LogP contribution in [0.25, 0.3) is 0 Å². The molecule has 0 spiro atoms. The van der Waals surface area contributed by atoms with Crippen molar-refractivity contribution in [2.24, 2.45) is 5.73 Å². The molecule has 4 rings (SSSR count). The first kappa shape index (κ1) is 16.4. The lowest BCUT2D eigenvalue weighted by Gasteiger charge is -2.37. The van der Waals surface area contributed by atoms with Gasteiger partial charge in [0.15, 0.2) is 11.5 Å². The molecule has 1 aromatic carbocycles. The van der Waals surface area contributed by atoms with Gasteiger partial charge in [0.05, 0.1) is 11.6 Å². The van der Waals surface area contributed by atoms with Gasteiger partial charge in [-0.3, -0.25) is 4.79 Å². The number of halogens is 1. The second-order valence-corrected chi connectivity index (χ2v) is 6.48. The number of fused-ring (bicyclic) bond motifs is 1. The Kier molecular flexibility index (Phi) is 4.16. The number of carbonyl (C=O) groups is 1. The summed E-state index contributed by atoms with van der Waals surface area (Å²) in [7, 11) is 0. The second-order valence-electron chi connectivity index (χ2n) is 6.48. The van der Waals surface area contributed by atoms with E-state index >= 15 is 0 Å². The maximum atomic E-state index is 12.3. The number of carbonyl (C=O) groups excluding carboxylic acids is 1. The highest BCUT2D eigenvalue weighted by Crippen LogP contribution is 2.39. The second kappa shape index (κ2) is 5.85. The van der Waals surface area contributed by atoms with E-state index in [2.05, 4.69) is 0 Å². The Labute approximate surface area is 140 Å². The Morgan fingerprint density at radius 3 is 2.74 bits per heavy atom. The van der Waals surface area contributed by atoms with Crippen molar-refractivity contribution in [3.8, 4) is 11.5 Å². The Morgan fingerprint density at radius 2 is 2.04 bits per heavy atom. The third-order valence-corrected chi connectivity index (χ3v) is 4.91. The van der Waals surface area contributed by atoms with Crippen LogP contribution in [0.15, 0.2) is 18.2 Å². The number of amides is 1. The highest BCUT2D eigenvalue weighted by molar-refractivity contribution is 5.89. The van der Waals surface area contributed by atoms with Crippen LogP contribution in [0.1, 0.15) is 30.7 Å². The monoisotopic (exact) mass is 340 g/mol. The summed E-state index contributed by atoms with van der Waals surface area (Å²) in [4.78, 5) is 14.0. The largest absolute Gasteiger partial charge is 0.454 e. The van der Waals surface area contributed by atoms with Crippen LogP contribution in [0.2, 0.25) is 0 Å². The summed E-state index contributed by atoms with van der Waals surface area (Å²) in [5.74, 6) is 1.45. The lowest BCUT2D eigenvalue weighted by atomic mass is 9.86. The van der Waals surface area contributed by atoms with Crippen LogP contribution in [0.4, 0.5) is 0 Å². The van der Waals surface area contributed by atoms with Gasteiger partial charge in [-0.15, -0.1) is 12.4 Å². The molecule has 1 aromatic rings. The number of ether oxygens (including phenoxy) is 2. The van der Waals surface area contributed by atoms with Crippen LogP contribution in [-0.4, -0.2) is 47.4 Å². The molecule has 23 heavy (non-hydrogen) atoms. The Morgan fingerprint density at radius 1 is 1.30 bits per heavy atom. The zero-order valence-corrected chi connectivity index (χ0v) is 13.6. The topological polar surface area (TPSA) is 85.0 Å². The van der Waals surface area contributed by atoms with E-state index in [4.69, 9.17) is 15.2 Å². The molecule has 1 amide bonds. The zero-order valence-electron chi connectivity index (χ0n) is 12.7. The molecular weight excluding hydrogens is 320 g/mol. The maximum Gasteiger partial charge on any atom is 0.242 e. The number of rotatable bonds is 2. The van der Waals surface area contributed by atoms with E-state index in [0.29, 0.717) is 13.1 Å². The first-order chi connectivity index (χ1) is 10.6. The van der Waals surface area contributed by atoms with E-state index in [-0.39, 0.29) is 31.0 Å². The van der Waals surface area contributed by atoms with Gasteiger partial charge in [-0.2, -0.15) is 0 Å². The van der Waals surface area contributed by atoms with Crippen LogP contribution < -0.4 is 15.2 Å². The molecule has 2 atom stereocenters. The summed E-state index contributed by atoms with van der Waals surface area (Å²) in [6.45, 7) is 1.22. The smallest absolute Gasteiger partial charge is 0.242 e. The molecule has 2 aliphatic heterocycles. The Balaban J connectivity index is 0.00000156. The summed E-state index contributed by atoms with van der Waals surface area (Å²) in [5.41, 5.74) is 6.33. The van der Waals surface area contributed by atoms with Crippen molar-refractivity contribution in [1.82, 2.24) is 4.90 Å². The van der Waals surface area contributed by atoms with Gasteiger partial charge >= 0.3 is 0 Å². The molecule has 0 radical (unpaired) electrons. The first-order valence-electron chi connectivity index (χ1n) is 7.73. The van der Waals surface area contributed by atoms with Gasteiger partial charge in [0.2, 0.25) is 12.7 Å². The summed E-state index contributed by atoms with van der Waals surface area (Å²) in [6.07, 6.45) is 1.65. The lowest BCUT2D eigenvalue weighted by Crippen LogP contribution is -2.52. The number of nitrogens with zero attached hydrogens (tertiary/aromatic N) is 1. The maximum absolute atomic E-state index is 12.3. The van der Waals surface area contributed by atoms with Gasteiger partial charge < -0.3 is 25.2 Å². The number of hydrogen-bond donors (Lipinski definition) is 2. The number of likely N-dealkylation sites (tertiary alicyclic amines) is 1. The van der Waals surface area contributed by atoms with Crippen LogP contribution in [0, 0.1) is 0 Å². The van der Waals surface area contributed by atoms with Gasteiger partial charge in [0, 0.05) is 19.0 Å². The predicted octanol–water partition coefficient (Wildman–Crippen LogP) is 1.01. The minimum absolute atomic E-state index is 0. The molecule has 1 saturated carbocycles. The lowest BCUT2D eigenvalue weighted by molar-refractivity contribution is -0.137. The molecule has 1 aliphatic carbocycles. The SMILES string of the molecule is Cl.NC1(C(=O)N2CC[C@@H](c3ccc4c(c3)OCO4)[C@H](O)C2)CC1. The molecule has 0 bridgehead atoms. The predicted molar refractivity (Wildman–Crippen MR) is 85.9 cm³/mol. The van der Waals surface area contributed by atoms with Gasteiger partial charge in [-0.1, -0.05) is 6.07 Å². The quantitative estimate of drug-likeness (QED) is 0.839. The molecule has 3 N–H and O–H groups in total. The number of piperidine rings is 1. The molecule has 0 unspecified atom stereocenters. The van der Waals surface area contributed by atoms with Crippen molar-refractivity contribution >= 4 is 18.3 Å². The van der Waals surface area contributed by atoms with E-state index in [1.807, 2.05) is 18.2 Å². The minimum atomic E-state index is -0.661. The zero-order chi connectivity index (χ0) is 15.3. The number of aliphatic hydroxyl groups excluding tert-OH is 1. The molecule has 3 aliphatic rings. The van der Waals surface area contributed by atoms with E-state index in [0.717, 1.165) is 36.3 Å². The van der Waals surface area contributed by atoms with E-state index in [1.54, 1.807) is 4.90 Å². The van der Waals surface area contributed by atoms with Crippen molar-refractivity contribution in [3.63, 3.8) is 0 Å². The fourth-order valence-electron chi connectivity index (χ4n) is 3.31. The Bertz CT molecular complexity index is 620. The van der Waals surface area contributed by atoms with Crippen molar-refractivity contribution < 1.29 is 19.4 Å². The molecule has 126 valence electrons. The average molecular weight is 341 g/mol. The summed E-state index contributed by atoms with van der Waals surface area (Å²) < 4.78 is 10.7. The van der Waals surface area contributed by atoms with Crippen LogP contribution >= 0.6 is 12.4 Å². The van der Waals surface area contributed by atoms with Gasteiger partial charge in [-0.25, -0.2) is 0 Å². The third-order valence-electron chi connectivity index (χ3n) is 4.91. The summed E-state index contributed by atoms with van der Waals surface area (Å²) in [6, 6.07) is 5.77. The van der Waals surface area contributed by atoms with E-state index < -0.39 is 11.6 Å². The number of nitrogens with two attached hydrogens (primary N) is 1. The van der Waals surface area contributed by atoms with Gasteiger partial charge in [0.25, 0.3) is 0 Å².